The third-order valence-electron chi connectivity index (χ3n) is 3.13. The quantitative estimate of drug-likeness (QED) is 0.655. The molecule has 0 amide bonds. The highest BCUT2D eigenvalue weighted by Crippen LogP contribution is 2.29. The molecule has 0 fully saturated rings. The third-order valence-corrected chi connectivity index (χ3v) is 4.07. The lowest BCUT2D eigenvalue weighted by molar-refractivity contribution is 0.355. The Morgan fingerprint density at radius 3 is 2.64 bits per heavy atom. The zero-order valence-corrected chi connectivity index (χ0v) is 14.0. The van der Waals surface area contributed by atoms with Crippen molar-refractivity contribution in [1.29, 1.82) is 0 Å². The molecule has 0 unspecified atom stereocenters. The van der Waals surface area contributed by atoms with Gasteiger partial charge in [0.2, 0.25) is 0 Å². The van der Waals surface area contributed by atoms with Crippen molar-refractivity contribution in [3.8, 4) is 11.5 Å². The molecule has 6 nitrogen and oxygen atoms in total. The van der Waals surface area contributed by atoms with E-state index < -0.39 is 0 Å². The van der Waals surface area contributed by atoms with E-state index in [1.807, 2.05) is 30.6 Å². The summed E-state index contributed by atoms with van der Waals surface area (Å²) in [6, 6.07) is 5.62. The van der Waals surface area contributed by atoms with Gasteiger partial charge in [0.1, 0.15) is 0 Å². The van der Waals surface area contributed by atoms with E-state index in [9.17, 15) is 0 Å². The van der Waals surface area contributed by atoms with Crippen LogP contribution in [0.2, 0.25) is 0 Å². The number of ether oxygens (including phenoxy) is 2. The van der Waals surface area contributed by atoms with E-state index in [0.29, 0.717) is 24.0 Å². The summed E-state index contributed by atoms with van der Waals surface area (Å²) in [6.45, 7) is 2.68. The number of benzene rings is 1. The number of aryl methyl sites for hydroxylation is 1. The number of hydrogen-bond acceptors (Lipinski definition) is 5. The van der Waals surface area contributed by atoms with Crippen LogP contribution in [0.1, 0.15) is 10.6 Å². The predicted octanol–water partition coefficient (Wildman–Crippen LogP) is 2.66. The molecule has 2 N–H and O–H groups in total. The molecule has 1 aromatic carbocycles. The number of nitrogens with zero attached hydrogens (tertiary/aromatic N) is 2. The number of aliphatic imine (C=N–C) groups is 1. The standard InChI is InChI=1S/C15H20N4O2S/c1-10-14(22-9-18-10)8-17-15(16-2)19-11-5-6-12(20-3)13(7-11)21-4/h5-7,9H,8H2,1-4H3,(H2,16,17,19). The molecule has 0 saturated heterocycles. The molecule has 1 aromatic heterocycles. The first-order valence-electron chi connectivity index (χ1n) is 6.76. The minimum absolute atomic E-state index is 0.668. The third kappa shape index (κ3) is 3.88. The number of rotatable bonds is 5. The van der Waals surface area contributed by atoms with Gasteiger partial charge in [-0.2, -0.15) is 0 Å². The van der Waals surface area contributed by atoms with Gasteiger partial charge in [0.15, 0.2) is 17.5 Å². The molecule has 0 spiro atoms. The van der Waals surface area contributed by atoms with Gasteiger partial charge in [0.05, 0.1) is 32.0 Å². The highest BCUT2D eigenvalue weighted by Gasteiger charge is 2.07. The maximum absolute atomic E-state index is 5.29. The number of methoxy groups -OCH3 is 2. The zero-order valence-electron chi connectivity index (χ0n) is 13.1. The smallest absolute Gasteiger partial charge is 0.195 e. The molecular weight excluding hydrogens is 300 g/mol. The predicted molar refractivity (Wildman–Crippen MR) is 90.2 cm³/mol. The first kappa shape index (κ1) is 16.1. The van der Waals surface area contributed by atoms with Crippen LogP contribution in [0.5, 0.6) is 11.5 Å². The molecule has 0 aliphatic heterocycles. The van der Waals surface area contributed by atoms with Crippen LogP contribution in [0.4, 0.5) is 5.69 Å². The van der Waals surface area contributed by atoms with Gasteiger partial charge in [-0.05, 0) is 19.1 Å². The normalized spacial score (nSPS) is 11.2. The second-order valence-electron chi connectivity index (χ2n) is 4.48. The molecule has 2 rings (SSSR count). The monoisotopic (exact) mass is 320 g/mol. The highest BCUT2D eigenvalue weighted by molar-refractivity contribution is 7.09. The molecule has 2 aromatic rings. The van der Waals surface area contributed by atoms with Crippen LogP contribution in [0, 0.1) is 6.92 Å². The Labute approximate surface area is 134 Å². The molecule has 0 aliphatic rings. The van der Waals surface area contributed by atoms with Gasteiger partial charge in [-0.3, -0.25) is 4.99 Å². The fourth-order valence-corrected chi connectivity index (χ4v) is 2.61. The first-order chi connectivity index (χ1) is 10.7. The lowest BCUT2D eigenvalue weighted by Crippen LogP contribution is -2.30. The van der Waals surface area contributed by atoms with Gasteiger partial charge in [-0.1, -0.05) is 0 Å². The van der Waals surface area contributed by atoms with Gasteiger partial charge in [-0.15, -0.1) is 11.3 Å². The molecule has 0 bridgehead atoms. The van der Waals surface area contributed by atoms with E-state index in [4.69, 9.17) is 9.47 Å². The van der Waals surface area contributed by atoms with Crippen molar-refractivity contribution in [2.45, 2.75) is 13.5 Å². The zero-order chi connectivity index (χ0) is 15.9. The van der Waals surface area contributed by atoms with Crippen LogP contribution in [0.3, 0.4) is 0 Å². The molecule has 0 radical (unpaired) electrons. The molecule has 7 heteroatoms. The summed E-state index contributed by atoms with van der Waals surface area (Å²) < 4.78 is 10.5. The maximum atomic E-state index is 5.29. The molecule has 118 valence electrons. The Balaban J connectivity index is 2.03. The average Bonchev–Trinajstić information content (AvgIpc) is 2.96. The summed E-state index contributed by atoms with van der Waals surface area (Å²) in [4.78, 5) is 9.64. The Bertz CT molecular complexity index is 655. The van der Waals surface area contributed by atoms with E-state index in [0.717, 1.165) is 11.4 Å². The first-order valence-corrected chi connectivity index (χ1v) is 7.64. The van der Waals surface area contributed by atoms with E-state index in [2.05, 4.69) is 20.6 Å². The fourth-order valence-electron chi connectivity index (χ4n) is 1.89. The van der Waals surface area contributed by atoms with Crippen LogP contribution >= 0.6 is 11.3 Å². The number of anilines is 1. The van der Waals surface area contributed by atoms with Crippen molar-refractivity contribution < 1.29 is 9.47 Å². The van der Waals surface area contributed by atoms with Crippen molar-refractivity contribution in [2.24, 2.45) is 4.99 Å². The van der Waals surface area contributed by atoms with E-state index >= 15 is 0 Å². The molecule has 22 heavy (non-hydrogen) atoms. The van der Waals surface area contributed by atoms with Crippen LogP contribution in [-0.4, -0.2) is 32.2 Å². The molecule has 0 saturated carbocycles. The van der Waals surface area contributed by atoms with E-state index in [1.54, 1.807) is 32.6 Å². The number of aromatic nitrogens is 1. The summed E-state index contributed by atoms with van der Waals surface area (Å²) in [6.07, 6.45) is 0. The number of nitrogens with one attached hydrogen (secondary N) is 2. The van der Waals surface area contributed by atoms with E-state index in [-0.39, 0.29) is 0 Å². The summed E-state index contributed by atoms with van der Waals surface area (Å²) in [5.41, 5.74) is 3.75. The van der Waals surface area contributed by atoms with Crippen LogP contribution in [0.25, 0.3) is 0 Å². The Morgan fingerprint density at radius 2 is 2.05 bits per heavy atom. The van der Waals surface area contributed by atoms with E-state index in [1.165, 1.54) is 4.88 Å². The number of thiazole rings is 1. The van der Waals surface area contributed by atoms with Gasteiger partial charge in [0.25, 0.3) is 0 Å². The molecule has 0 atom stereocenters. The maximum Gasteiger partial charge on any atom is 0.195 e. The largest absolute Gasteiger partial charge is 0.493 e. The van der Waals surface area contributed by atoms with Crippen molar-refractivity contribution in [1.82, 2.24) is 10.3 Å². The van der Waals surface area contributed by atoms with Gasteiger partial charge >= 0.3 is 0 Å². The van der Waals surface area contributed by atoms with Crippen LogP contribution < -0.4 is 20.1 Å². The Morgan fingerprint density at radius 1 is 1.27 bits per heavy atom. The second kappa shape index (κ2) is 7.65. The second-order valence-corrected chi connectivity index (χ2v) is 5.42. The Kier molecular flexibility index (Phi) is 5.60. The van der Waals surface area contributed by atoms with Gasteiger partial charge in [-0.25, -0.2) is 4.98 Å². The van der Waals surface area contributed by atoms with Crippen LogP contribution in [0.15, 0.2) is 28.7 Å². The minimum Gasteiger partial charge on any atom is -0.493 e. The van der Waals surface area contributed by atoms with Crippen LogP contribution in [-0.2, 0) is 6.54 Å². The van der Waals surface area contributed by atoms with Crippen molar-refractivity contribution in [3.63, 3.8) is 0 Å². The summed E-state index contributed by atoms with van der Waals surface area (Å²) in [5.74, 6) is 2.04. The number of guanidine groups is 1. The topological polar surface area (TPSA) is 67.8 Å². The lowest BCUT2D eigenvalue weighted by Gasteiger charge is -2.13. The van der Waals surface area contributed by atoms with Crippen molar-refractivity contribution >= 4 is 23.0 Å². The lowest BCUT2D eigenvalue weighted by atomic mass is 10.2. The van der Waals surface area contributed by atoms with Gasteiger partial charge in [0, 0.05) is 23.7 Å². The molecular formula is C15H20N4O2S. The average molecular weight is 320 g/mol. The number of hydrogen-bond donors (Lipinski definition) is 2. The fraction of sp³-hybridized carbons (Fsp3) is 0.333. The minimum atomic E-state index is 0.668. The van der Waals surface area contributed by atoms with Crippen molar-refractivity contribution in [2.75, 3.05) is 26.6 Å². The highest BCUT2D eigenvalue weighted by atomic mass is 32.1. The SMILES string of the molecule is CN=C(NCc1scnc1C)Nc1ccc(OC)c(OC)c1. The molecule has 1 heterocycles. The van der Waals surface area contributed by atoms with Gasteiger partial charge < -0.3 is 20.1 Å². The van der Waals surface area contributed by atoms with Crippen molar-refractivity contribution in [3.05, 3.63) is 34.3 Å². The Hall–Kier alpha value is -2.28. The summed E-state index contributed by atoms with van der Waals surface area (Å²) in [7, 11) is 4.96. The summed E-state index contributed by atoms with van der Waals surface area (Å²) in [5, 5.41) is 6.49. The summed E-state index contributed by atoms with van der Waals surface area (Å²) >= 11 is 1.63. The molecule has 0 aliphatic carbocycles.